The SMILES string of the molecule is CC[C@H](C)NC(=O)[C@H](C)N(Cc1cccc(Cl)c1)C(=O)Cc1ccc(C)c(C)c1. The van der Waals surface area contributed by atoms with Gasteiger partial charge in [-0.3, -0.25) is 9.59 Å². The summed E-state index contributed by atoms with van der Waals surface area (Å²) in [6.07, 6.45) is 1.09. The number of hydrogen-bond donors (Lipinski definition) is 1. The lowest BCUT2D eigenvalue weighted by molar-refractivity contribution is -0.140. The molecule has 0 aromatic heterocycles. The van der Waals surface area contributed by atoms with Crippen molar-refractivity contribution in [2.24, 2.45) is 0 Å². The van der Waals surface area contributed by atoms with E-state index in [1.54, 1.807) is 17.9 Å². The predicted molar refractivity (Wildman–Crippen MR) is 119 cm³/mol. The van der Waals surface area contributed by atoms with E-state index >= 15 is 0 Å². The molecule has 2 atom stereocenters. The first kappa shape index (κ1) is 23.0. The summed E-state index contributed by atoms with van der Waals surface area (Å²) >= 11 is 6.12. The molecule has 0 aliphatic carbocycles. The van der Waals surface area contributed by atoms with E-state index in [0.29, 0.717) is 11.6 Å². The van der Waals surface area contributed by atoms with Crippen molar-refractivity contribution < 1.29 is 9.59 Å². The van der Waals surface area contributed by atoms with Gasteiger partial charge in [-0.15, -0.1) is 0 Å². The molecule has 0 saturated carbocycles. The lowest BCUT2D eigenvalue weighted by Gasteiger charge is -2.30. The molecule has 0 bridgehead atoms. The minimum absolute atomic E-state index is 0.0628. The van der Waals surface area contributed by atoms with Gasteiger partial charge in [0.1, 0.15) is 6.04 Å². The van der Waals surface area contributed by atoms with Crippen LogP contribution in [-0.4, -0.2) is 28.8 Å². The van der Waals surface area contributed by atoms with Gasteiger partial charge >= 0.3 is 0 Å². The van der Waals surface area contributed by atoms with Gasteiger partial charge in [0.05, 0.1) is 6.42 Å². The van der Waals surface area contributed by atoms with Gasteiger partial charge < -0.3 is 10.2 Å². The number of rotatable bonds is 8. The largest absolute Gasteiger partial charge is 0.352 e. The third-order valence-electron chi connectivity index (χ3n) is 5.34. The first-order valence-corrected chi connectivity index (χ1v) is 10.5. The summed E-state index contributed by atoms with van der Waals surface area (Å²) in [5.41, 5.74) is 4.19. The van der Waals surface area contributed by atoms with Crippen molar-refractivity contribution in [3.05, 3.63) is 69.7 Å². The van der Waals surface area contributed by atoms with E-state index in [4.69, 9.17) is 11.6 Å². The minimum atomic E-state index is -0.581. The second-order valence-electron chi connectivity index (χ2n) is 7.74. The maximum Gasteiger partial charge on any atom is 0.242 e. The number of carbonyl (C=O) groups is 2. The molecule has 0 spiro atoms. The van der Waals surface area contributed by atoms with Crippen LogP contribution in [0.2, 0.25) is 5.02 Å². The normalized spacial score (nSPS) is 12.9. The molecule has 2 aromatic carbocycles. The number of nitrogens with one attached hydrogen (secondary N) is 1. The van der Waals surface area contributed by atoms with Crippen LogP contribution in [0.4, 0.5) is 0 Å². The highest BCUT2D eigenvalue weighted by molar-refractivity contribution is 6.30. The Balaban J connectivity index is 2.25. The fourth-order valence-corrected chi connectivity index (χ4v) is 3.28. The van der Waals surface area contributed by atoms with E-state index in [-0.39, 0.29) is 24.3 Å². The van der Waals surface area contributed by atoms with Gasteiger partial charge in [-0.05, 0) is 68.5 Å². The molecule has 0 fully saturated rings. The van der Waals surface area contributed by atoms with Crippen LogP contribution in [0.5, 0.6) is 0 Å². The number of carbonyl (C=O) groups excluding carboxylic acids is 2. The van der Waals surface area contributed by atoms with Crippen LogP contribution in [0.3, 0.4) is 0 Å². The van der Waals surface area contributed by atoms with Gasteiger partial charge in [-0.25, -0.2) is 0 Å². The Hall–Kier alpha value is -2.33. The zero-order valence-corrected chi connectivity index (χ0v) is 18.7. The predicted octanol–water partition coefficient (Wildman–Crippen LogP) is 4.83. The molecule has 29 heavy (non-hydrogen) atoms. The highest BCUT2D eigenvalue weighted by Gasteiger charge is 2.27. The molecule has 0 heterocycles. The van der Waals surface area contributed by atoms with E-state index < -0.39 is 6.04 Å². The van der Waals surface area contributed by atoms with Crippen LogP contribution in [0.25, 0.3) is 0 Å². The Bertz CT molecular complexity index is 866. The van der Waals surface area contributed by atoms with Crippen LogP contribution in [0, 0.1) is 13.8 Å². The lowest BCUT2D eigenvalue weighted by atomic mass is 10.0. The van der Waals surface area contributed by atoms with Crippen molar-refractivity contribution in [3.63, 3.8) is 0 Å². The molecule has 0 aliphatic heterocycles. The fourth-order valence-electron chi connectivity index (χ4n) is 3.07. The van der Waals surface area contributed by atoms with Crippen molar-refractivity contribution in [1.82, 2.24) is 10.2 Å². The molecule has 2 rings (SSSR count). The summed E-state index contributed by atoms with van der Waals surface area (Å²) in [5.74, 6) is -0.227. The van der Waals surface area contributed by atoms with Crippen molar-refractivity contribution in [1.29, 1.82) is 0 Å². The molecule has 0 saturated heterocycles. The van der Waals surface area contributed by atoms with Gasteiger partial charge in [0.25, 0.3) is 0 Å². The van der Waals surface area contributed by atoms with Crippen molar-refractivity contribution in [2.75, 3.05) is 0 Å². The van der Waals surface area contributed by atoms with E-state index in [1.165, 1.54) is 5.56 Å². The number of benzene rings is 2. The van der Waals surface area contributed by atoms with Crippen LogP contribution in [-0.2, 0) is 22.6 Å². The van der Waals surface area contributed by atoms with Gasteiger partial charge in [0, 0.05) is 17.6 Å². The number of aryl methyl sites for hydroxylation is 2. The van der Waals surface area contributed by atoms with Crippen LogP contribution in [0.1, 0.15) is 49.4 Å². The van der Waals surface area contributed by atoms with E-state index in [2.05, 4.69) is 5.32 Å². The molecule has 1 N–H and O–H groups in total. The third-order valence-corrected chi connectivity index (χ3v) is 5.57. The highest BCUT2D eigenvalue weighted by atomic mass is 35.5. The zero-order chi connectivity index (χ0) is 21.6. The molecule has 5 heteroatoms. The maximum absolute atomic E-state index is 13.2. The average molecular weight is 415 g/mol. The fraction of sp³-hybridized carbons (Fsp3) is 0.417. The molecule has 156 valence electrons. The first-order valence-electron chi connectivity index (χ1n) is 10.1. The van der Waals surface area contributed by atoms with Crippen molar-refractivity contribution >= 4 is 23.4 Å². The quantitative estimate of drug-likeness (QED) is 0.672. The van der Waals surface area contributed by atoms with Crippen LogP contribution >= 0.6 is 11.6 Å². The molecule has 4 nitrogen and oxygen atoms in total. The van der Waals surface area contributed by atoms with Gasteiger partial charge in [-0.1, -0.05) is 48.9 Å². The Labute approximate surface area is 179 Å². The van der Waals surface area contributed by atoms with Gasteiger partial charge in [0.2, 0.25) is 11.8 Å². The summed E-state index contributed by atoms with van der Waals surface area (Å²) in [6, 6.07) is 12.9. The van der Waals surface area contributed by atoms with E-state index in [1.807, 2.05) is 64.1 Å². The standard InChI is InChI=1S/C24H31ClN2O2/c1-6-18(4)26-24(29)19(5)27(15-21-8-7-9-22(25)13-21)23(28)14-20-11-10-16(2)17(3)12-20/h7-13,18-19H,6,14-15H2,1-5H3,(H,26,29)/t18-,19-/m0/s1. The summed E-state index contributed by atoms with van der Waals surface area (Å²) in [6.45, 7) is 10.2. The highest BCUT2D eigenvalue weighted by Crippen LogP contribution is 2.17. The number of hydrogen-bond acceptors (Lipinski definition) is 2. The molecular formula is C24H31ClN2O2. The van der Waals surface area contributed by atoms with Crippen molar-refractivity contribution in [2.45, 2.75) is 66.1 Å². The van der Waals surface area contributed by atoms with Crippen molar-refractivity contribution in [3.8, 4) is 0 Å². The van der Waals surface area contributed by atoms with Gasteiger partial charge in [0.15, 0.2) is 0 Å². The lowest BCUT2D eigenvalue weighted by Crippen LogP contribution is -2.49. The monoisotopic (exact) mass is 414 g/mol. The summed E-state index contributed by atoms with van der Waals surface area (Å²) in [5, 5.41) is 3.60. The molecule has 0 radical (unpaired) electrons. The second kappa shape index (κ2) is 10.4. The Morgan fingerprint density at radius 3 is 2.38 bits per heavy atom. The van der Waals surface area contributed by atoms with Gasteiger partial charge in [-0.2, -0.15) is 0 Å². The Morgan fingerprint density at radius 1 is 1.03 bits per heavy atom. The van der Waals surface area contributed by atoms with Crippen LogP contribution in [0.15, 0.2) is 42.5 Å². The Kier molecular flexibility index (Phi) is 8.27. The molecule has 0 aliphatic rings. The van der Waals surface area contributed by atoms with E-state index in [0.717, 1.165) is 23.1 Å². The molecule has 2 aromatic rings. The number of halogens is 1. The third kappa shape index (κ3) is 6.60. The second-order valence-corrected chi connectivity index (χ2v) is 8.18. The number of nitrogens with zero attached hydrogens (tertiary/aromatic N) is 1. The maximum atomic E-state index is 13.2. The summed E-state index contributed by atoms with van der Waals surface area (Å²) in [7, 11) is 0. The average Bonchev–Trinajstić information content (AvgIpc) is 2.68. The summed E-state index contributed by atoms with van der Waals surface area (Å²) < 4.78 is 0. The van der Waals surface area contributed by atoms with Crippen LogP contribution < -0.4 is 5.32 Å². The number of amides is 2. The Morgan fingerprint density at radius 2 is 1.76 bits per heavy atom. The van der Waals surface area contributed by atoms with E-state index in [9.17, 15) is 9.59 Å². The topological polar surface area (TPSA) is 49.4 Å². The molecule has 0 unspecified atom stereocenters. The summed E-state index contributed by atoms with van der Waals surface area (Å²) in [4.78, 5) is 27.6. The minimum Gasteiger partial charge on any atom is -0.352 e. The first-order chi connectivity index (χ1) is 13.7. The smallest absolute Gasteiger partial charge is 0.242 e. The zero-order valence-electron chi connectivity index (χ0n) is 18.0. The molecule has 2 amide bonds. The molecular weight excluding hydrogens is 384 g/mol.